The predicted octanol–water partition coefficient (Wildman–Crippen LogP) is 4.47. The first-order valence-corrected chi connectivity index (χ1v) is 8.37. The van der Waals surface area contributed by atoms with Crippen molar-refractivity contribution in [1.82, 2.24) is 5.32 Å². The van der Waals surface area contributed by atoms with Crippen molar-refractivity contribution in [2.24, 2.45) is 5.92 Å². The summed E-state index contributed by atoms with van der Waals surface area (Å²) in [5.41, 5.74) is 2.60. The van der Waals surface area contributed by atoms with E-state index in [0.29, 0.717) is 0 Å². The highest BCUT2D eigenvalue weighted by molar-refractivity contribution is 6.31. The normalized spacial score (nSPS) is 19.4. The molecule has 3 heteroatoms. The molecule has 20 heavy (non-hydrogen) atoms. The van der Waals surface area contributed by atoms with Gasteiger partial charge in [-0.2, -0.15) is 0 Å². The number of hydrogen-bond acceptors (Lipinski definition) is 2. The highest BCUT2D eigenvalue weighted by atomic mass is 35.5. The predicted molar refractivity (Wildman–Crippen MR) is 88.7 cm³/mol. The lowest BCUT2D eigenvalue weighted by Gasteiger charge is -2.35. The number of halogens is 1. The minimum atomic E-state index is 0.833. The van der Waals surface area contributed by atoms with Crippen LogP contribution in [-0.2, 0) is 6.54 Å². The van der Waals surface area contributed by atoms with Gasteiger partial charge in [0.1, 0.15) is 0 Å². The van der Waals surface area contributed by atoms with Gasteiger partial charge in [0.2, 0.25) is 0 Å². The van der Waals surface area contributed by atoms with Crippen LogP contribution in [0.2, 0.25) is 5.02 Å². The number of piperidine rings is 1. The van der Waals surface area contributed by atoms with E-state index >= 15 is 0 Å². The summed E-state index contributed by atoms with van der Waals surface area (Å²) in [5.74, 6) is 0.833. The van der Waals surface area contributed by atoms with Gasteiger partial charge in [-0.05, 0) is 43.9 Å². The Balaban J connectivity index is 2.15. The maximum atomic E-state index is 6.43. The van der Waals surface area contributed by atoms with E-state index in [4.69, 9.17) is 11.6 Å². The quantitative estimate of drug-likeness (QED) is 0.779. The van der Waals surface area contributed by atoms with Crippen molar-refractivity contribution in [3.8, 4) is 0 Å². The molecule has 1 aliphatic rings. The number of nitrogens with one attached hydrogen (secondary N) is 1. The fourth-order valence-electron chi connectivity index (χ4n) is 3.03. The summed E-state index contributed by atoms with van der Waals surface area (Å²) in [7, 11) is 0. The van der Waals surface area contributed by atoms with Gasteiger partial charge >= 0.3 is 0 Å². The molecule has 1 aromatic carbocycles. The molecule has 1 fully saturated rings. The molecule has 0 spiro atoms. The van der Waals surface area contributed by atoms with Crippen LogP contribution in [0, 0.1) is 5.92 Å². The van der Waals surface area contributed by atoms with Gasteiger partial charge < -0.3 is 10.2 Å². The van der Waals surface area contributed by atoms with E-state index in [1.165, 1.54) is 37.1 Å². The Morgan fingerprint density at radius 2 is 2.20 bits per heavy atom. The van der Waals surface area contributed by atoms with Crippen LogP contribution in [0.1, 0.15) is 45.1 Å². The van der Waals surface area contributed by atoms with Crippen molar-refractivity contribution in [2.75, 3.05) is 24.5 Å². The van der Waals surface area contributed by atoms with Crippen molar-refractivity contribution in [3.05, 3.63) is 28.8 Å². The molecule has 0 aliphatic carbocycles. The van der Waals surface area contributed by atoms with Crippen molar-refractivity contribution in [1.29, 1.82) is 0 Å². The molecule has 0 saturated carbocycles. The largest absolute Gasteiger partial charge is 0.371 e. The highest BCUT2D eigenvalue weighted by Crippen LogP contribution is 2.31. The van der Waals surface area contributed by atoms with E-state index in [9.17, 15) is 0 Å². The number of benzene rings is 1. The second-order valence-corrected chi connectivity index (χ2v) is 6.18. The average Bonchev–Trinajstić information content (AvgIpc) is 2.49. The number of nitrogens with zero attached hydrogens (tertiary/aromatic N) is 1. The van der Waals surface area contributed by atoms with E-state index in [1.54, 1.807) is 0 Å². The molecule has 0 amide bonds. The molecule has 1 aromatic rings. The van der Waals surface area contributed by atoms with Crippen LogP contribution in [0.5, 0.6) is 0 Å². The van der Waals surface area contributed by atoms with Crippen molar-refractivity contribution < 1.29 is 0 Å². The van der Waals surface area contributed by atoms with Crippen LogP contribution in [0.4, 0.5) is 5.69 Å². The van der Waals surface area contributed by atoms with Gasteiger partial charge in [-0.25, -0.2) is 0 Å². The molecule has 0 radical (unpaired) electrons. The monoisotopic (exact) mass is 294 g/mol. The lowest BCUT2D eigenvalue weighted by atomic mass is 9.94. The van der Waals surface area contributed by atoms with Crippen LogP contribution in [0.15, 0.2) is 18.2 Å². The van der Waals surface area contributed by atoms with E-state index in [-0.39, 0.29) is 0 Å². The smallest absolute Gasteiger partial charge is 0.0471 e. The molecular formula is C17H27ClN2. The number of rotatable bonds is 6. The van der Waals surface area contributed by atoms with E-state index in [1.807, 2.05) is 6.07 Å². The van der Waals surface area contributed by atoms with Crippen LogP contribution in [0.25, 0.3) is 0 Å². The molecule has 1 N–H and O–H groups in total. The first-order chi connectivity index (χ1) is 9.76. The van der Waals surface area contributed by atoms with Crippen molar-refractivity contribution >= 4 is 17.3 Å². The summed E-state index contributed by atoms with van der Waals surface area (Å²) < 4.78 is 0. The fourth-order valence-corrected chi connectivity index (χ4v) is 3.26. The Labute approximate surface area is 128 Å². The van der Waals surface area contributed by atoms with Gasteiger partial charge in [0.25, 0.3) is 0 Å². The second kappa shape index (κ2) is 7.90. The van der Waals surface area contributed by atoms with Crippen LogP contribution in [-0.4, -0.2) is 19.6 Å². The zero-order valence-electron chi connectivity index (χ0n) is 12.8. The standard InChI is InChI=1S/C17H27ClN2/c1-3-10-19-12-15-16(18)8-5-9-17(15)20-11-6-7-14(4-2)13-20/h5,8-9,14,19H,3-4,6-7,10-13H2,1-2H3. The van der Waals surface area contributed by atoms with E-state index in [0.717, 1.165) is 37.0 Å². The molecule has 1 unspecified atom stereocenters. The van der Waals surface area contributed by atoms with E-state index < -0.39 is 0 Å². The third kappa shape index (κ3) is 3.89. The molecular weight excluding hydrogens is 268 g/mol. The molecule has 2 nitrogen and oxygen atoms in total. The summed E-state index contributed by atoms with van der Waals surface area (Å²) >= 11 is 6.43. The third-order valence-corrected chi connectivity index (χ3v) is 4.61. The van der Waals surface area contributed by atoms with Crippen LogP contribution < -0.4 is 10.2 Å². The zero-order chi connectivity index (χ0) is 14.4. The second-order valence-electron chi connectivity index (χ2n) is 5.78. The van der Waals surface area contributed by atoms with Crippen LogP contribution >= 0.6 is 11.6 Å². The molecule has 112 valence electrons. The maximum Gasteiger partial charge on any atom is 0.0471 e. The molecule has 0 bridgehead atoms. The first kappa shape index (κ1) is 15.7. The Bertz CT molecular complexity index is 419. The average molecular weight is 295 g/mol. The Morgan fingerprint density at radius 1 is 1.35 bits per heavy atom. The highest BCUT2D eigenvalue weighted by Gasteiger charge is 2.21. The van der Waals surface area contributed by atoms with Crippen molar-refractivity contribution in [2.45, 2.75) is 46.1 Å². The van der Waals surface area contributed by atoms with Gasteiger partial charge in [-0.3, -0.25) is 0 Å². The van der Waals surface area contributed by atoms with Gasteiger partial charge in [-0.1, -0.05) is 37.9 Å². The fraction of sp³-hybridized carbons (Fsp3) is 0.647. The lowest BCUT2D eigenvalue weighted by molar-refractivity contribution is 0.404. The number of hydrogen-bond donors (Lipinski definition) is 1. The minimum Gasteiger partial charge on any atom is -0.371 e. The Hall–Kier alpha value is -0.730. The lowest BCUT2D eigenvalue weighted by Crippen LogP contribution is -2.36. The summed E-state index contributed by atoms with van der Waals surface area (Å²) in [6.07, 6.45) is 5.10. The summed E-state index contributed by atoms with van der Waals surface area (Å²) in [6, 6.07) is 6.32. The summed E-state index contributed by atoms with van der Waals surface area (Å²) in [6.45, 7) is 8.75. The maximum absolute atomic E-state index is 6.43. The number of anilines is 1. The Morgan fingerprint density at radius 3 is 2.95 bits per heavy atom. The molecule has 0 aromatic heterocycles. The topological polar surface area (TPSA) is 15.3 Å². The summed E-state index contributed by atoms with van der Waals surface area (Å²) in [5, 5.41) is 4.38. The molecule has 1 heterocycles. The first-order valence-electron chi connectivity index (χ1n) is 7.99. The molecule has 1 saturated heterocycles. The SMILES string of the molecule is CCCNCc1c(Cl)cccc1N1CCCC(CC)C1. The van der Waals surface area contributed by atoms with Gasteiger partial charge in [0.15, 0.2) is 0 Å². The molecule has 2 rings (SSSR count). The van der Waals surface area contributed by atoms with Gasteiger partial charge in [-0.15, -0.1) is 0 Å². The third-order valence-electron chi connectivity index (χ3n) is 4.26. The zero-order valence-corrected chi connectivity index (χ0v) is 13.5. The van der Waals surface area contributed by atoms with Gasteiger partial charge in [0, 0.05) is 35.9 Å². The Kier molecular flexibility index (Phi) is 6.18. The van der Waals surface area contributed by atoms with Crippen LogP contribution in [0.3, 0.4) is 0 Å². The summed E-state index contributed by atoms with van der Waals surface area (Å²) in [4.78, 5) is 2.53. The molecule has 1 aliphatic heterocycles. The minimum absolute atomic E-state index is 0.833. The van der Waals surface area contributed by atoms with Crippen molar-refractivity contribution in [3.63, 3.8) is 0 Å². The molecule has 1 atom stereocenters. The van der Waals surface area contributed by atoms with Gasteiger partial charge in [0.05, 0.1) is 0 Å². The van der Waals surface area contributed by atoms with E-state index in [2.05, 4.69) is 36.2 Å².